The Labute approximate surface area is 132 Å². The van der Waals surface area contributed by atoms with Crippen LogP contribution in [0.4, 0.5) is 0 Å². The zero-order valence-electron chi connectivity index (χ0n) is 13.0. The van der Waals surface area contributed by atoms with Crippen molar-refractivity contribution in [2.45, 2.75) is 33.9 Å². The first-order valence-corrected chi connectivity index (χ1v) is 7.61. The molecule has 7 heteroatoms. The van der Waals surface area contributed by atoms with Crippen molar-refractivity contribution in [2.75, 3.05) is 7.05 Å². The first kappa shape index (κ1) is 15.8. The predicted octanol–water partition coefficient (Wildman–Crippen LogP) is 2.29. The van der Waals surface area contributed by atoms with Crippen LogP contribution in [0.2, 0.25) is 0 Å². The second-order valence-corrected chi connectivity index (χ2v) is 5.94. The molecule has 2 rings (SSSR count). The minimum absolute atomic E-state index is 0.0159. The van der Waals surface area contributed by atoms with Gasteiger partial charge in [0.15, 0.2) is 0 Å². The van der Waals surface area contributed by atoms with E-state index >= 15 is 0 Å². The van der Waals surface area contributed by atoms with Crippen molar-refractivity contribution < 1.29 is 4.79 Å². The first-order chi connectivity index (χ1) is 9.86. The van der Waals surface area contributed by atoms with Crippen LogP contribution in [0.1, 0.15) is 34.4 Å². The molecule has 2 aromatic heterocycles. The smallest absolute Gasteiger partial charge is 0.257 e. The van der Waals surface area contributed by atoms with Crippen LogP contribution in [-0.4, -0.2) is 37.4 Å². The summed E-state index contributed by atoms with van der Waals surface area (Å²) < 4.78 is 4.53. The maximum Gasteiger partial charge on any atom is 0.257 e. The Morgan fingerprint density at radius 2 is 2.10 bits per heavy atom. The van der Waals surface area contributed by atoms with E-state index in [0.29, 0.717) is 12.1 Å². The monoisotopic (exact) mass is 353 g/mol. The van der Waals surface area contributed by atoms with Gasteiger partial charge in [-0.3, -0.25) is 14.2 Å². The van der Waals surface area contributed by atoms with Crippen molar-refractivity contribution in [3.63, 3.8) is 0 Å². The number of amides is 1. The molecule has 0 radical (unpaired) electrons. The van der Waals surface area contributed by atoms with Gasteiger partial charge in [0.1, 0.15) is 0 Å². The van der Waals surface area contributed by atoms with E-state index in [-0.39, 0.29) is 5.91 Å². The lowest BCUT2D eigenvalue weighted by Crippen LogP contribution is -2.28. The van der Waals surface area contributed by atoms with Crippen LogP contribution in [0.25, 0.3) is 0 Å². The zero-order chi connectivity index (χ0) is 15.7. The molecule has 0 saturated carbocycles. The van der Waals surface area contributed by atoms with E-state index < -0.39 is 0 Å². The number of aryl methyl sites for hydroxylation is 3. The maximum atomic E-state index is 12.7. The lowest BCUT2D eigenvalue weighted by Gasteiger charge is -2.18. The van der Waals surface area contributed by atoms with E-state index in [1.807, 2.05) is 32.5 Å². The number of rotatable bonds is 4. The van der Waals surface area contributed by atoms with Gasteiger partial charge in [-0.05, 0) is 36.7 Å². The van der Waals surface area contributed by atoms with Gasteiger partial charge < -0.3 is 4.90 Å². The van der Waals surface area contributed by atoms with Gasteiger partial charge in [0, 0.05) is 26.3 Å². The minimum atomic E-state index is -0.0159. The number of halogens is 1. The Morgan fingerprint density at radius 1 is 1.43 bits per heavy atom. The topological polar surface area (TPSA) is 56.0 Å². The third-order valence-electron chi connectivity index (χ3n) is 3.64. The van der Waals surface area contributed by atoms with E-state index in [2.05, 4.69) is 26.1 Å². The molecular weight excluding hydrogens is 334 g/mol. The Bertz CT molecular complexity index is 654. The minimum Gasteiger partial charge on any atom is -0.336 e. The van der Waals surface area contributed by atoms with Crippen LogP contribution in [0.3, 0.4) is 0 Å². The zero-order valence-corrected chi connectivity index (χ0v) is 14.6. The van der Waals surface area contributed by atoms with Crippen molar-refractivity contribution >= 4 is 21.8 Å². The summed E-state index contributed by atoms with van der Waals surface area (Å²) in [7, 11) is 3.66. The van der Waals surface area contributed by atoms with Crippen LogP contribution in [0.5, 0.6) is 0 Å². The Hall–Kier alpha value is -1.63. The lowest BCUT2D eigenvalue weighted by atomic mass is 10.1. The van der Waals surface area contributed by atoms with E-state index in [1.54, 1.807) is 22.8 Å². The quantitative estimate of drug-likeness (QED) is 0.847. The summed E-state index contributed by atoms with van der Waals surface area (Å²) in [6.07, 6.45) is 1.74. The van der Waals surface area contributed by atoms with Crippen LogP contribution in [0.15, 0.2) is 10.7 Å². The normalized spacial score (nSPS) is 11.0. The SMILES string of the molecule is CCn1nc(C)c(C(=O)N(C)Cc2c(Br)cnn2C)c1C. The molecule has 0 unspecified atom stereocenters. The van der Waals surface area contributed by atoms with Gasteiger partial charge in [-0.15, -0.1) is 0 Å². The van der Waals surface area contributed by atoms with Gasteiger partial charge in [-0.25, -0.2) is 0 Å². The third-order valence-corrected chi connectivity index (χ3v) is 4.30. The molecule has 0 aliphatic heterocycles. The summed E-state index contributed by atoms with van der Waals surface area (Å²) in [4.78, 5) is 14.4. The molecule has 6 nitrogen and oxygen atoms in total. The van der Waals surface area contributed by atoms with Crippen LogP contribution >= 0.6 is 15.9 Å². The molecule has 0 fully saturated rings. The average molecular weight is 354 g/mol. The highest BCUT2D eigenvalue weighted by atomic mass is 79.9. The summed E-state index contributed by atoms with van der Waals surface area (Å²) >= 11 is 3.46. The molecule has 0 aliphatic carbocycles. The van der Waals surface area contributed by atoms with E-state index in [1.165, 1.54) is 0 Å². The van der Waals surface area contributed by atoms with Gasteiger partial charge in [0.2, 0.25) is 0 Å². The summed E-state index contributed by atoms with van der Waals surface area (Å²) in [5.74, 6) is -0.0159. The van der Waals surface area contributed by atoms with Gasteiger partial charge in [0.05, 0.1) is 34.2 Å². The highest BCUT2D eigenvalue weighted by Gasteiger charge is 2.22. The van der Waals surface area contributed by atoms with E-state index in [0.717, 1.165) is 28.1 Å². The van der Waals surface area contributed by atoms with E-state index in [4.69, 9.17) is 0 Å². The molecule has 0 aromatic carbocycles. The predicted molar refractivity (Wildman–Crippen MR) is 84.1 cm³/mol. The Kier molecular flexibility index (Phi) is 4.51. The molecule has 2 aromatic rings. The Balaban J connectivity index is 2.26. The fraction of sp³-hybridized carbons (Fsp3) is 0.500. The van der Waals surface area contributed by atoms with Crippen LogP contribution in [-0.2, 0) is 20.1 Å². The summed E-state index contributed by atoms with van der Waals surface area (Å²) in [6, 6.07) is 0. The number of hydrogen-bond acceptors (Lipinski definition) is 3. The first-order valence-electron chi connectivity index (χ1n) is 6.82. The summed E-state index contributed by atoms with van der Waals surface area (Å²) in [5, 5.41) is 8.58. The molecule has 0 saturated heterocycles. The van der Waals surface area contributed by atoms with Gasteiger partial charge >= 0.3 is 0 Å². The number of carbonyl (C=O) groups excluding carboxylic acids is 1. The molecule has 0 atom stereocenters. The van der Waals surface area contributed by atoms with Crippen molar-refractivity contribution in [1.29, 1.82) is 0 Å². The lowest BCUT2D eigenvalue weighted by molar-refractivity contribution is 0.0780. The van der Waals surface area contributed by atoms with Gasteiger partial charge in [0.25, 0.3) is 5.91 Å². The molecule has 1 amide bonds. The van der Waals surface area contributed by atoms with Gasteiger partial charge in [-0.2, -0.15) is 10.2 Å². The molecule has 0 bridgehead atoms. The standard InChI is InChI=1S/C14H20BrN5O/c1-6-20-10(3)13(9(2)17-20)14(21)18(4)8-12-11(15)7-16-19(12)5/h7H,6,8H2,1-5H3. The second kappa shape index (κ2) is 6.01. The van der Waals surface area contributed by atoms with Crippen LogP contribution in [0, 0.1) is 13.8 Å². The molecule has 0 N–H and O–H groups in total. The van der Waals surface area contributed by atoms with Crippen molar-refractivity contribution in [3.8, 4) is 0 Å². The summed E-state index contributed by atoms with van der Waals surface area (Å²) in [6.45, 7) is 7.08. The number of hydrogen-bond donors (Lipinski definition) is 0. The third kappa shape index (κ3) is 2.88. The number of carbonyl (C=O) groups is 1. The average Bonchev–Trinajstić information content (AvgIpc) is 2.91. The fourth-order valence-electron chi connectivity index (χ4n) is 2.42. The molecule has 114 valence electrons. The van der Waals surface area contributed by atoms with Crippen molar-refractivity contribution in [3.05, 3.63) is 33.3 Å². The molecule has 0 aliphatic rings. The highest BCUT2D eigenvalue weighted by molar-refractivity contribution is 9.10. The van der Waals surface area contributed by atoms with Crippen molar-refractivity contribution in [1.82, 2.24) is 24.5 Å². The fourth-order valence-corrected chi connectivity index (χ4v) is 2.89. The molecule has 2 heterocycles. The number of aromatic nitrogens is 4. The van der Waals surface area contributed by atoms with Crippen molar-refractivity contribution in [2.24, 2.45) is 7.05 Å². The number of nitrogens with zero attached hydrogens (tertiary/aromatic N) is 5. The molecule has 0 spiro atoms. The molecule has 21 heavy (non-hydrogen) atoms. The Morgan fingerprint density at radius 3 is 2.57 bits per heavy atom. The van der Waals surface area contributed by atoms with Gasteiger partial charge in [-0.1, -0.05) is 0 Å². The summed E-state index contributed by atoms with van der Waals surface area (Å²) in [5.41, 5.74) is 3.34. The largest absolute Gasteiger partial charge is 0.336 e. The molecular formula is C14H20BrN5O. The maximum absolute atomic E-state index is 12.7. The second-order valence-electron chi connectivity index (χ2n) is 5.09. The van der Waals surface area contributed by atoms with Crippen LogP contribution < -0.4 is 0 Å². The van der Waals surface area contributed by atoms with E-state index in [9.17, 15) is 4.79 Å². The highest BCUT2D eigenvalue weighted by Crippen LogP contribution is 2.20.